The van der Waals surface area contributed by atoms with E-state index in [0.717, 1.165) is 5.56 Å². The van der Waals surface area contributed by atoms with Crippen LogP contribution in [0.4, 0.5) is 0 Å². The Kier molecular flexibility index (Phi) is 8.65. The van der Waals surface area contributed by atoms with Gasteiger partial charge >= 0.3 is 0 Å². The van der Waals surface area contributed by atoms with E-state index < -0.39 is 17.9 Å². The minimum atomic E-state index is -0.549. The van der Waals surface area contributed by atoms with E-state index in [2.05, 4.69) is 31.3 Å². The second kappa shape index (κ2) is 12.9. The van der Waals surface area contributed by atoms with Gasteiger partial charge in [0.05, 0.1) is 26.2 Å². The lowest BCUT2D eigenvalue weighted by atomic mass is 10.2. The molecule has 4 aromatic rings. The van der Waals surface area contributed by atoms with Crippen LogP contribution in [-0.4, -0.2) is 90.9 Å². The highest BCUT2D eigenvalue weighted by Gasteiger charge is 2.23. The second-order valence-corrected chi connectivity index (χ2v) is 9.46. The quantitative estimate of drug-likeness (QED) is 0.349. The number of nitrogens with zero attached hydrogens (tertiary/aromatic N) is 8. The molecule has 0 saturated carbocycles. The third-order valence-corrected chi connectivity index (χ3v) is 6.53. The van der Waals surface area contributed by atoms with Crippen LogP contribution < -0.4 is 20.1 Å². The smallest absolute Gasteiger partial charge is 0.251 e. The summed E-state index contributed by atoms with van der Waals surface area (Å²) in [6.45, 7) is 2.02. The van der Waals surface area contributed by atoms with Crippen molar-refractivity contribution in [2.45, 2.75) is 26.1 Å². The number of aromatic nitrogens is 7. The van der Waals surface area contributed by atoms with Crippen LogP contribution in [-0.2, 0) is 22.7 Å². The topological polar surface area (TPSA) is 171 Å². The van der Waals surface area contributed by atoms with Crippen molar-refractivity contribution in [3.63, 3.8) is 0 Å². The maximum atomic E-state index is 13.2. The maximum absolute atomic E-state index is 13.2. The Bertz CT molecular complexity index is 1540. The molecule has 0 fully saturated rings. The number of benzene rings is 2. The predicted octanol–water partition coefficient (Wildman–Crippen LogP) is 0.469. The zero-order valence-corrected chi connectivity index (χ0v) is 23.1. The van der Waals surface area contributed by atoms with Crippen molar-refractivity contribution in [1.82, 2.24) is 50.5 Å². The number of fused-ring (bicyclic) bond motifs is 3. The van der Waals surface area contributed by atoms with Crippen molar-refractivity contribution in [2.75, 3.05) is 33.4 Å². The highest BCUT2D eigenvalue weighted by Crippen LogP contribution is 2.28. The number of rotatable bonds is 4. The number of hydrogen-bond acceptors (Lipinski definition) is 10. The zero-order chi connectivity index (χ0) is 29.5. The van der Waals surface area contributed by atoms with E-state index in [9.17, 15) is 14.4 Å². The van der Waals surface area contributed by atoms with E-state index in [0.29, 0.717) is 35.3 Å². The Morgan fingerprint density at radius 1 is 1.12 bits per heavy atom. The number of amides is 3. The summed E-state index contributed by atoms with van der Waals surface area (Å²) in [4.78, 5) is 45.2. The molecule has 0 radical (unpaired) electrons. The molecule has 42 heavy (non-hydrogen) atoms. The average Bonchev–Trinajstić information content (AvgIpc) is 3.67. The largest absolute Gasteiger partial charge is 0.493 e. The molecule has 2 aromatic carbocycles. The van der Waals surface area contributed by atoms with Gasteiger partial charge in [0.15, 0.2) is 17.3 Å². The monoisotopic (exact) mass is 574 g/mol. The lowest BCUT2D eigenvalue weighted by Crippen LogP contribution is -2.46. The fourth-order valence-corrected chi connectivity index (χ4v) is 4.44. The molecule has 1 atom stereocenters. The molecular formula is C27H30N10O5. The Morgan fingerprint density at radius 3 is 2.71 bits per heavy atom. The van der Waals surface area contributed by atoms with Gasteiger partial charge in [-0.3, -0.25) is 14.4 Å². The van der Waals surface area contributed by atoms with Crippen molar-refractivity contribution in [3.8, 4) is 22.9 Å². The van der Waals surface area contributed by atoms with Gasteiger partial charge in [0, 0.05) is 24.2 Å². The number of nitrogens with one attached hydrogen (secondary N) is 2. The van der Waals surface area contributed by atoms with E-state index >= 15 is 0 Å². The van der Waals surface area contributed by atoms with Gasteiger partial charge in [0.2, 0.25) is 11.8 Å². The van der Waals surface area contributed by atoms with Crippen LogP contribution in [0, 0.1) is 0 Å². The summed E-state index contributed by atoms with van der Waals surface area (Å²) in [6.07, 6.45) is 1.31. The number of hydrogen-bond donors (Lipinski definition) is 2. The van der Waals surface area contributed by atoms with Gasteiger partial charge in [-0.1, -0.05) is 30.3 Å². The molecule has 3 heterocycles. The van der Waals surface area contributed by atoms with Gasteiger partial charge in [-0.25, -0.2) is 14.3 Å². The Hall–Kier alpha value is -5.34. The predicted molar refractivity (Wildman–Crippen MR) is 147 cm³/mol. The van der Waals surface area contributed by atoms with Crippen LogP contribution >= 0.6 is 0 Å². The lowest BCUT2D eigenvalue weighted by Gasteiger charge is -2.23. The molecule has 0 saturated heterocycles. The summed E-state index contributed by atoms with van der Waals surface area (Å²) < 4.78 is 14.4. The van der Waals surface area contributed by atoms with Crippen LogP contribution in [0.5, 0.6) is 11.5 Å². The second-order valence-electron chi connectivity index (χ2n) is 9.46. The zero-order valence-electron chi connectivity index (χ0n) is 23.1. The van der Waals surface area contributed by atoms with Crippen LogP contribution in [0.25, 0.3) is 11.4 Å². The Balaban J connectivity index is 1.45. The van der Waals surface area contributed by atoms with Crippen LogP contribution in [0.2, 0.25) is 0 Å². The molecule has 2 aromatic heterocycles. The number of ether oxygens (including phenoxy) is 2. The first kappa shape index (κ1) is 28.2. The van der Waals surface area contributed by atoms with Gasteiger partial charge in [-0.15, -0.1) is 5.10 Å². The minimum absolute atomic E-state index is 0.0718. The van der Waals surface area contributed by atoms with Crippen LogP contribution in [0.3, 0.4) is 0 Å². The van der Waals surface area contributed by atoms with E-state index in [-0.39, 0.29) is 38.7 Å². The highest BCUT2D eigenvalue weighted by molar-refractivity contribution is 5.95. The molecule has 0 spiro atoms. The van der Waals surface area contributed by atoms with E-state index in [1.54, 1.807) is 29.8 Å². The fraction of sp³-hybridized carbons (Fsp3) is 0.333. The normalized spacial score (nSPS) is 16.4. The first-order valence-corrected chi connectivity index (χ1v) is 13.3. The van der Waals surface area contributed by atoms with Crippen molar-refractivity contribution >= 4 is 17.7 Å². The van der Waals surface area contributed by atoms with Gasteiger partial charge in [-0.2, -0.15) is 5.10 Å². The third-order valence-electron chi connectivity index (χ3n) is 6.53. The number of tetrazole rings is 1. The maximum Gasteiger partial charge on any atom is 0.251 e. The number of carbonyl (C=O) groups is 3. The average molecular weight is 575 g/mol. The van der Waals surface area contributed by atoms with Crippen molar-refractivity contribution < 1.29 is 23.9 Å². The molecule has 0 unspecified atom stereocenters. The Labute approximate surface area is 240 Å². The lowest BCUT2D eigenvalue weighted by molar-refractivity contribution is -0.136. The summed E-state index contributed by atoms with van der Waals surface area (Å²) in [5, 5.41) is 21.2. The molecule has 1 aliphatic rings. The highest BCUT2D eigenvalue weighted by atomic mass is 16.5. The molecule has 3 amide bonds. The molecular weight excluding hydrogens is 544 g/mol. The van der Waals surface area contributed by atoms with Gasteiger partial charge in [0.1, 0.15) is 25.3 Å². The molecule has 15 heteroatoms. The SMILES string of the molecule is COc1ccc2cc1OCCn1nc(-c3ccccc3)nc1[C@@H](C)NC(=O)CN(C(=O)Cn1cnnn1)CCNC2=O. The first-order chi connectivity index (χ1) is 20.4. The molecule has 2 bridgehead atoms. The van der Waals surface area contributed by atoms with E-state index in [1.807, 2.05) is 30.3 Å². The summed E-state index contributed by atoms with van der Waals surface area (Å²) in [7, 11) is 1.52. The summed E-state index contributed by atoms with van der Waals surface area (Å²) >= 11 is 0. The van der Waals surface area contributed by atoms with Gasteiger partial charge < -0.3 is 25.0 Å². The Morgan fingerprint density at radius 2 is 1.95 bits per heavy atom. The summed E-state index contributed by atoms with van der Waals surface area (Å²) in [5.74, 6) is 0.685. The summed E-state index contributed by atoms with van der Waals surface area (Å²) in [6, 6.07) is 13.8. The third kappa shape index (κ3) is 6.68. The molecule has 15 nitrogen and oxygen atoms in total. The molecule has 5 rings (SSSR count). The van der Waals surface area contributed by atoms with Crippen molar-refractivity contribution in [2.24, 2.45) is 0 Å². The van der Waals surface area contributed by atoms with E-state index in [1.165, 1.54) is 23.0 Å². The molecule has 0 aliphatic carbocycles. The van der Waals surface area contributed by atoms with Gasteiger partial charge in [0.25, 0.3) is 5.91 Å². The van der Waals surface area contributed by atoms with Crippen LogP contribution in [0.1, 0.15) is 29.1 Å². The first-order valence-electron chi connectivity index (χ1n) is 13.3. The van der Waals surface area contributed by atoms with Crippen LogP contribution in [0.15, 0.2) is 54.9 Å². The molecule has 2 N–H and O–H groups in total. The van der Waals surface area contributed by atoms with Crippen molar-refractivity contribution in [3.05, 3.63) is 66.2 Å². The standard InChI is InChI=1S/C27H30N10O5/c1-18-26-31-25(19-6-4-3-5-7-19)32-37(26)12-13-42-22-14-20(8-9-21(22)41-2)27(40)28-10-11-35(15-23(38)30-18)24(39)16-36-17-29-33-34-36/h3-9,14,17-18H,10-13,15-16H2,1-2H3,(H,28,40)(H,30,38)/t18-/m1/s1. The minimum Gasteiger partial charge on any atom is -0.493 e. The molecule has 218 valence electrons. The molecule has 1 aliphatic heterocycles. The number of methoxy groups -OCH3 is 1. The summed E-state index contributed by atoms with van der Waals surface area (Å²) in [5.41, 5.74) is 1.17. The fourth-order valence-electron chi connectivity index (χ4n) is 4.44. The van der Waals surface area contributed by atoms with Crippen molar-refractivity contribution in [1.29, 1.82) is 0 Å². The number of carbonyl (C=O) groups excluding carboxylic acids is 3. The van der Waals surface area contributed by atoms with E-state index in [4.69, 9.17) is 14.5 Å². The van der Waals surface area contributed by atoms with Gasteiger partial charge in [-0.05, 0) is 35.5 Å².